The number of benzene rings is 1. The van der Waals surface area contributed by atoms with Crippen LogP contribution in [0.4, 0.5) is 21.4 Å². The number of amides is 2. The van der Waals surface area contributed by atoms with Gasteiger partial charge in [-0.15, -0.1) is 11.3 Å². The van der Waals surface area contributed by atoms with Gasteiger partial charge in [-0.3, -0.25) is 29.8 Å². The Kier molecular flexibility index (Phi) is 6.06. The Bertz CT molecular complexity index is 1500. The van der Waals surface area contributed by atoms with Gasteiger partial charge in [0.2, 0.25) is 0 Å². The third kappa shape index (κ3) is 4.09. The van der Waals surface area contributed by atoms with Gasteiger partial charge in [-0.1, -0.05) is 22.7 Å². The Morgan fingerprint density at radius 3 is 1.85 bits per heavy atom. The van der Waals surface area contributed by atoms with Crippen LogP contribution < -0.4 is 10.6 Å². The number of carbonyl (C=O) groups is 3. The fourth-order valence-electron chi connectivity index (χ4n) is 3.15. The number of aromatic carboxylic acids is 1. The van der Waals surface area contributed by atoms with Gasteiger partial charge in [0, 0.05) is 21.7 Å². The normalized spacial score (nSPS) is 10.7. The highest BCUT2D eigenvalue weighted by Crippen LogP contribution is 2.36. The van der Waals surface area contributed by atoms with Gasteiger partial charge >= 0.3 is 16.0 Å². The third-order valence-electron chi connectivity index (χ3n) is 4.57. The van der Waals surface area contributed by atoms with Crippen LogP contribution in [0.15, 0.2) is 40.4 Å². The zero-order valence-corrected chi connectivity index (χ0v) is 18.9. The van der Waals surface area contributed by atoms with Gasteiger partial charge in [0.05, 0.1) is 15.4 Å². The van der Waals surface area contributed by atoms with Gasteiger partial charge in [0.25, 0.3) is 11.8 Å². The second kappa shape index (κ2) is 8.97. The summed E-state index contributed by atoms with van der Waals surface area (Å²) in [6.45, 7) is 0. The summed E-state index contributed by atoms with van der Waals surface area (Å²) in [6.07, 6.45) is 0. The van der Waals surface area contributed by atoms with E-state index >= 15 is 0 Å². The Hall–Kier alpha value is -4.21. The summed E-state index contributed by atoms with van der Waals surface area (Å²) < 4.78 is 0. The van der Waals surface area contributed by atoms with E-state index < -0.39 is 27.6 Å². The molecule has 0 unspecified atom stereocenters. The van der Waals surface area contributed by atoms with Crippen molar-refractivity contribution in [1.82, 2.24) is 0 Å². The van der Waals surface area contributed by atoms with Crippen LogP contribution in [0, 0.1) is 20.2 Å². The summed E-state index contributed by atoms with van der Waals surface area (Å²) in [6, 6.07) is 5.11. The van der Waals surface area contributed by atoms with Crippen molar-refractivity contribution in [3.63, 3.8) is 0 Å². The number of nitrogens with one attached hydrogen (secondary N) is 2. The highest BCUT2D eigenvalue weighted by Gasteiger charge is 2.26. The van der Waals surface area contributed by atoms with Crippen molar-refractivity contribution in [2.24, 2.45) is 0 Å². The minimum Gasteiger partial charge on any atom is -0.478 e. The minimum absolute atomic E-state index is 0.00249. The number of carbonyl (C=O) groups excluding carboxylic acids is 2. The van der Waals surface area contributed by atoms with Crippen molar-refractivity contribution in [1.29, 1.82) is 0 Å². The van der Waals surface area contributed by atoms with E-state index in [0.29, 0.717) is 0 Å². The molecule has 0 radical (unpaired) electrons. The summed E-state index contributed by atoms with van der Waals surface area (Å²) in [5.74, 6) is -2.86. The van der Waals surface area contributed by atoms with Crippen molar-refractivity contribution < 1.29 is 29.3 Å². The minimum atomic E-state index is -1.35. The molecule has 4 aromatic rings. The predicted molar refractivity (Wildman–Crippen MR) is 127 cm³/mol. The number of carboxylic acids is 1. The Morgan fingerprint density at radius 2 is 1.32 bits per heavy atom. The molecule has 0 atom stereocenters. The second-order valence-electron chi connectivity index (χ2n) is 6.52. The molecular weight excluding hydrogens is 508 g/mol. The van der Waals surface area contributed by atoms with Crippen molar-refractivity contribution in [3.8, 4) is 0 Å². The molecule has 15 heteroatoms. The molecule has 0 saturated heterocycles. The summed E-state index contributed by atoms with van der Waals surface area (Å²) in [4.78, 5) is 58.5. The van der Waals surface area contributed by atoms with Crippen molar-refractivity contribution in [2.45, 2.75) is 0 Å². The second-order valence-corrected chi connectivity index (χ2v) is 9.19. The van der Waals surface area contributed by atoms with Gasteiger partial charge < -0.3 is 15.7 Å². The average Bonchev–Trinajstić information content (AvgIpc) is 3.52. The Balaban J connectivity index is 1.75. The molecule has 0 spiro atoms. The van der Waals surface area contributed by atoms with Crippen LogP contribution in [0.25, 0.3) is 10.8 Å². The molecule has 4 rings (SSSR count). The summed E-state index contributed by atoms with van der Waals surface area (Å²) in [5, 5.41) is 40.6. The highest BCUT2D eigenvalue weighted by atomic mass is 32.1. The van der Waals surface area contributed by atoms with Gasteiger partial charge in [0.1, 0.15) is 16.3 Å². The van der Waals surface area contributed by atoms with E-state index in [1.54, 1.807) is 0 Å². The number of nitrogens with zero attached hydrogens (tertiary/aromatic N) is 2. The van der Waals surface area contributed by atoms with E-state index in [2.05, 4.69) is 10.6 Å². The molecule has 34 heavy (non-hydrogen) atoms. The van der Waals surface area contributed by atoms with Gasteiger partial charge in [-0.05, 0) is 35.0 Å². The maximum Gasteiger partial charge on any atom is 0.347 e. The van der Waals surface area contributed by atoms with Crippen LogP contribution in [-0.4, -0.2) is 32.7 Å². The van der Waals surface area contributed by atoms with Crippen LogP contribution in [0.2, 0.25) is 0 Å². The third-order valence-corrected chi connectivity index (χ3v) is 7.27. The molecule has 0 bridgehead atoms. The van der Waals surface area contributed by atoms with E-state index in [-0.39, 0.29) is 48.2 Å². The number of hydrogen-bond donors (Lipinski definition) is 3. The summed E-state index contributed by atoms with van der Waals surface area (Å²) in [7, 11) is 0. The SMILES string of the molecule is O=C(Nc1ccsc1[N+](=O)[O-])c1ccc(C(=O)O)c2c(C(=O)Nc3ccsc3[N+](=O)[O-])scc12. The molecular formula is C19H10N4O8S3. The lowest BCUT2D eigenvalue weighted by Gasteiger charge is -2.08. The standard InChI is InChI=1S/C19H10N4O8S3/c24-15(20-11-3-5-32-17(11)22(28)29)8-1-2-9(19(26)27)13-10(8)7-34-14(13)16(25)21-12-4-6-33-18(12)23(30)31/h1-7H,(H,20,24)(H,21,25)(H,26,27). The van der Waals surface area contributed by atoms with E-state index in [1.165, 1.54) is 34.3 Å². The number of carboxylic acid groups (broad SMARTS) is 1. The monoisotopic (exact) mass is 518 g/mol. The fourth-order valence-corrected chi connectivity index (χ4v) is 5.46. The maximum absolute atomic E-state index is 12.9. The smallest absolute Gasteiger partial charge is 0.347 e. The molecule has 3 heterocycles. The molecule has 3 aromatic heterocycles. The van der Waals surface area contributed by atoms with Crippen LogP contribution in [0.5, 0.6) is 0 Å². The van der Waals surface area contributed by atoms with Gasteiger partial charge in [0.15, 0.2) is 0 Å². The molecule has 1 aromatic carbocycles. The first-order chi connectivity index (χ1) is 16.2. The maximum atomic E-state index is 12.9. The molecule has 0 aliphatic heterocycles. The lowest BCUT2D eigenvalue weighted by Crippen LogP contribution is -2.14. The number of hydrogen-bond acceptors (Lipinski definition) is 10. The van der Waals surface area contributed by atoms with Crippen LogP contribution in [0.1, 0.15) is 30.4 Å². The fraction of sp³-hybridized carbons (Fsp3) is 0. The first kappa shape index (κ1) is 23.0. The zero-order chi connectivity index (χ0) is 24.6. The molecule has 172 valence electrons. The first-order valence-corrected chi connectivity index (χ1v) is 11.7. The summed E-state index contributed by atoms with van der Waals surface area (Å²) in [5.41, 5.74) is -0.317. The van der Waals surface area contributed by atoms with Crippen LogP contribution in [-0.2, 0) is 0 Å². The topological polar surface area (TPSA) is 182 Å². The zero-order valence-electron chi connectivity index (χ0n) is 16.5. The quantitative estimate of drug-likeness (QED) is 0.224. The number of nitro groups is 2. The lowest BCUT2D eigenvalue weighted by atomic mass is 10.0. The van der Waals surface area contributed by atoms with Gasteiger partial charge in [-0.25, -0.2) is 4.79 Å². The van der Waals surface area contributed by atoms with E-state index in [4.69, 9.17) is 0 Å². The van der Waals surface area contributed by atoms with E-state index in [1.807, 2.05) is 0 Å². The number of rotatable bonds is 7. The van der Waals surface area contributed by atoms with Crippen molar-refractivity contribution in [3.05, 3.63) is 76.6 Å². The predicted octanol–water partition coefficient (Wildman–Crippen LogP) is 5.04. The number of fused-ring (bicyclic) bond motifs is 1. The molecule has 0 aliphatic rings. The molecule has 12 nitrogen and oxygen atoms in total. The van der Waals surface area contributed by atoms with Crippen molar-refractivity contribution in [2.75, 3.05) is 10.6 Å². The van der Waals surface area contributed by atoms with Crippen LogP contribution >= 0.6 is 34.0 Å². The Labute approximate surface area is 200 Å². The number of anilines is 2. The first-order valence-electron chi connectivity index (χ1n) is 9.03. The largest absolute Gasteiger partial charge is 0.478 e. The lowest BCUT2D eigenvalue weighted by molar-refractivity contribution is -0.379. The Morgan fingerprint density at radius 1 is 0.794 bits per heavy atom. The summed E-state index contributed by atoms with van der Waals surface area (Å²) >= 11 is 2.50. The average molecular weight is 519 g/mol. The highest BCUT2D eigenvalue weighted by molar-refractivity contribution is 7.15. The molecule has 0 aliphatic carbocycles. The van der Waals surface area contributed by atoms with Crippen LogP contribution in [0.3, 0.4) is 0 Å². The molecule has 0 saturated carbocycles. The van der Waals surface area contributed by atoms with Gasteiger partial charge in [-0.2, -0.15) is 0 Å². The van der Waals surface area contributed by atoms with Crippen molar-refractivity contribution >= 4 is 83.9 Å². The van der Waals surface area contributed by atoms with E-state index in [0.717, 1.165) is 40.1 Å². The molecule has 3 N–H and O–H groups in total. The van der Waals surface area contributed by atoms with E-state index in [9.17, 15) is 39.7 Å². The number of thiophene rings is 3. The molecule has 0 fully saturated rings. The molecule has 2 amide bonds.